The Labute approximate surface area is 132 Å². The highest BCUT2D eigenvalue weighted by Gasteiger charge is 2.29. The zero-order valence-corrected chi connectivity index (χ0v) is 13.5. The SMILES string of the molecule is N[C@H]1CC(c2ncc(Br)cc2Br)Oc2cc(F)ccc21. The molecule has 20 heavy (non-hydrogen) atoms. The van der Waals surface area contributed by atoms with Gasteiger partial charge in [-0.25, -0.2) is 4.39 Å². The Morgan fingerprint density at radius 3 is 2.85 bits per heavy atom. The lowest BCUT2D eigenvalue weighted by molar-refractivity contribution is 0.156. The number of nitrogens with two attached hydrogens (primary N) is 1. The van der Waals surface area contributed by atoms with Gasteiger partial charge in [-0.1, -0.05) is 6.07 Å². The summed E-state index contributed by atoms with van der Waals surface area (Å²) in [5.74, 6) is 0.157. The van der Waals surface area contributed by atoms with Crippen molar-refractivity contribution >= 4 is 31.9 Å². The molecule has 0 fully saturated rings. The fourth-order valence-electron chi connectivity index (χ4n) is 2.31. The Morgan fingerprint density at radius 2 is 2.10 bits per heavy atom. The van der Waals surface area contributed by atoms with Crippen LogP contribution in [0.25, 0.3) is 0 Å². The molecule has 0 saturated heterocycles. The number of halogens is 3. The first-order valence-corrected chi connectivity index (χ1v) is 7.66. The molecule has 1 unspecified atom stereocenters. The Hall–Kier alpha value is -0.980. The molecule has 2 N–H and O–H groups in total. The monoisotopic (exact) mass is 400 g/mol. The second-order valence-electron chi connectivity index (χ2n) is 4.65. The number of hydrogen-bond acceptors (Lipinski definition) is 3. The van der Waals surface area contributed by atoms with Crippen LogP contribution in [0.3, 0.4) is 0 Å². The molecule has 2 aromatic rings. The van der Waals surface area contributed by atoms with E-state index in [1.165, 1.54) is 12.1 Å². The molecule has 1 aliphatic rings. The molecular formula is C14H11Br2FN2O. The van der Waals surface area contributed by atoms with Crippen LogP contribution < -0.4 is 10.5 Å². The van der Waals surface area contributed by atoms with Crippen molar-refractivity contribution in [3.8, 4) is 5.75 Å². The van der Waals surface area contributed by atoms with Gasteiger partial charge in [0, 0.05) is 39.2 Å². The lowest BCUT2D eigenvalue weighted by atomic mass is 9.95. The number of aromatic nitrogens is 1. The lowest BCUT2D eigenvalue weighted by Gasteiger charge is -2.30. The highest BCUT2D eigenvalue weighted by atomic mass is 79.9. The number of hydrogen-bond donors (Lipinski definition) is 1. The number of benzene rings is 1. The summed E-state index contributed by atoms with van der Waals surface area (Å²) >= 11 is 6.83. The quantitative estimate of drug-likeness (QED) is 0.776. The van der Waals surface area contributed by atoms with Gasteiger partial charge in [0.1, 0.15) is 17.7 Å². The van der Waals surface area contributed by atoms with Gasteiger partial charge < -0.3 is 10.5 Å². The van der Waals surface area contributed by atoms with E-state index in [-0.39, 0.29) is 18.0 Å². The molecule has 2 atom stereocenters. The van der Waals surface area contributed by atoms with Crippen molar-refractivity contribution in [3.63, 3.8) is 0 Å². The lowest BCUT2D eigenvalue weighted by Crippen LogP contribution is -2.25. The molecule has 6 heteroatoms. The predicted octanol–water partition coefficient (Wildman–Crippen LogP) is 4.27. The van der Waals surface area contributed by atoms with Crippen LogP contribution >= 0.6 is 31.9 Å². The van der Waals surface area contributed by atoms with Crippen molar-refractivity contribution in [1.29, 1.82) is 0 Å². The molecule has 3 nitrogen and oxygen atoms in total. The Bertz CT molecular complexity index is 666. The van der Waals surface area contributed by atoms with Gasteiger partial charge in [-0.2, -0.15) is 0 Å². The zero-order valence-electron chi connectivity index (χ0n) is 10.3. The summed E-state index contributed by atoms with van der Waals surface area (Å²) in [7, 11) is 0. The summed E-state index contributed by atoms with van der Waals surface area (Å²) in [6, 6.07) is 6.15. The van der Waals surface area contributed by atoms with Crippen LogP contribution in [-0.2, 0) is 0 Å². The van der Waals surface area contributed by atoms with Crippen LogP contribution in [0.1, 0.15) is 29.8 Å². The Morgan fingerprint density at radius 1 is 1.30 bits per heavy atom. The van der Waals surface area contributed by atoms with E-state index in [2.05, 4.69) is 36.8 Å². The summed E-state index contributed by atoms with van der Waals surface area (Å²) < 4.78 is 20.9. The first-order valence-electron chi connectivity index (χ1n) is 6.07. The van der Waals surface area contributed by atoms with Crippen LogP contribution in [0.5, 0.6) is 5.75 Å². The molecular weight excluding hydrogens is 391 g/mol. The van der Waals surface area contributed by atoms with Crippen LogP contribution in [-0.4, -0.2) is 4.98 Å². The first kappa shape index (κ1) is 14.0. The van der Waals surface area contributed by atoms with Gasteiger partial charge in [-0.05, 0) is 44.0 Å². The average Bonchev–Trinajstić information content (AvgIpc) is 2.37. The molecule has 1 aromatic heterocycles. The zero-order chi connectivity index (χ0) is 14.3. The van der Waals surface area contributed by atoms with Gasteiger partial charge in [-0.3, -0.25) is 4.98 Å². The highest BCUT2D eigenvalue weighted by Crippen LogP contribution is 2.41. The third-order valence-electron chi connectivity index (χ3n) is 3.25. The minimum Gasteiger partial charge on any atom is -0.484 e. The third-order valence-corrected chi connectivity index (χ3v) is 4.32. The summed E-state index contributed by atoms with van der Waals surface area (Å²) in [6.45, 7) is 0. The van der Waals surface area contributed by atoms with Crippen molar-refractivity contribution in [2.45, 2.75) is 18.6 Å². The van der Waals surface area contributed by atoms with E-state index < -0.39 is 0 Å². The molecule has 0 amide bonds. The van der Waals surface area contributed by atoms with Crippen molar-refractivity contribution in [2.24, 2.45) is 5.73 Å². The number of fused-ring (bicyclic) bond motifs is 1. The third kappa shape index (κ3) is 2.60. The van der Waals surface area contributed by atoms with Gasteiger partial charge in [0.2, 0.25) is 0 Å². The van der Waals surface area contributed by atoms with Crippen LogP contribution in [0.2, 0.25) is 0 Å². The van der Waals surface area contributed by atoms with Crippen molar-refractivity contribution in [3.05, 3.63) is 56.5 Å². The fraction of sp³-hybridized carbons (Fsp3) is 0.214. The maximum atomic E-state index is 13.3. The molecule has 0 saturated carbocycles. The molecule has 2 heterocycles. The van der Waals surface area contributed by atoms with E-state index in [0.717, 1.165) is 20.2 Å². The number of ether oxygens (including phenoxy) is 1. The summed E-state index contributed by atoms with van der Waals surface area (Å²) in [5, 5.41) is 0. The summed E-state index contributed by atoms with van der Waals surface area (Å²) in [6.07, 6.45) is 2.02. The molecule has 0 bridgehead atoms. The topological polar surface area (TPSA) is 48.1 Å². The van der Waals surface area contributed by atoms with Gasteiger partial charge in [0.05, 0.1) is 5.69 Å². The van der Waals surface area contributed by atoms with E-state index >= 15 is 0 Å². The maximum Gasteiger partial charge on any atom is 0.143 e. The van der Waals surface area contributed by atoms with E-state index in [1.54, 1.807) is 12.3 Å². The Balaban J connectivity index is 1.98. The van der Waals surface area contributed by atoms with Crippen LogP contribution in [0.4, 0.5) is 4.39 Å². The van der Waals surface area contributed by atoms with E-state index in [4.69, 9.17) is 10.5 Å². The smallest absolute Gasteiger partial charge is 0.143 e. The summed E-state index contributed by atoms with van der Waals surface area (Å²) in [5.41, 5.74) is 7.74. The molecule has 0 spiro atoms. The molecule has 104 valence electrons. The Kier molecular flexibility index (Phi) is 3.79. The minimum atomic E-state index is -0.334. The van der Waals surface area contributed by atoms with Gasteiger partial charge in [-0.15, -0.1) is 0 Å². The predicted molar refractivity (Wildman–Crippen MR) is 81.0 cm³/mol. The molecule has 0 aliphatic carbocycles. The van der Waals surface area contributed by atoms with Gasteiger partial charge in [0.25, 0.3) is 0 Å². The molecule has 1 aliphatic heterocycles. The number of nitrogens with zero attached hydrogens (tertiary/aromatic N) is 1. The molecule has 0 radical (unpaired) electrons. The second-order valence-corrected chi connectivity index (χ2v) is 6.42. The van der Waals surface area contributed by atoms with E-state index in [9.17, 15) is 4.39 Å². The number of pyridine rings is 1. The van der Waals surface area contributed by atoms with Gasteiger partial charge in [0.15, 0.2) is 0 Å². The highest BCUT2D eigenvalue weighted by molar-refractivity contribution is 9.11. The average molecular weight is 402 g/mol. The number of rotatable bonds is 1. The van der Waals surface area contributed by atoms with Crippen molar-refractivity contribution in [2.75, 3.05) is 0 Å². The molecule has 1 aromatic carbocycles. The summed E-state index contributed by atoms with van der Waals surface area (Å²) in [4.78, 5) is 4.36. The van der Waals surface area contributed by atoms with Crippen LogP contribution in [0.15, 0.2) is 39.4 Å². The van der Waals surface area contributed by atoms with E-state index in [0.29, 0.717) is 12.2 Å². The molecule has 3 rings (SSSR count). The second kappa shape index (κ2) is 5.42. The van der Waals surface area contributed by atoms with Crippen LogP contribution in [0, 0.1) is 5.82 Å². The minimum absolute atomic E-state index is 0.193. The standard InChI is InChI=1S/C14H11Br2FN2O/c15-7-3-10(16)14(19-6-7)13-5-11(18)9-2-1-8(17)4-12(9)20-13/h1-4,6,11,13H,5,18H2/t11-,13?/m0/s1. The first-order chi connectivity index (χ1) is 9.54. The fourth-order valence-corrected chi connectivity index (χ4v) is 3.55. The van der Waals surface area contributed by atoms with Crippen molar-refractivity contribution in [1.82, 2.24) is 4.98 Å². The van der Waals surface area contributed by atoms with Crippen molar-refractivity contribution < 1.29 is 9.13 Å². The normalized spacial score (nSPS) is 21.2. The maximum absolute atomic E-state index is 13.3. The van der Waals surface area contributed by atoms with E-state index in [1.807, 2.05) is 6.07 Å². The van der Waals surface area contributed by atoms with Gasteiger partial charge >= 0.3 is 0 Å². The largest absolute Gasteiger partial charge is 0.484 e.